The van der Waals surface area contributed by atoms with E-state index in [1.54, 1.807) is 22.7 Å². The first-order valence-corrected chi connectivity index (χ1v) is 16.9. The number of benzene rings is 2. The zero-order valence-corrected chi connectivity index (χ0v) is 25.4. The highest BCUT2D eigenvalue weighted by molar-refractivity contribution is 9.93. The maximum Gasteiger partial charge on any atom is 0.186 e. The second-order valence-corrected chi connectivity index (χ2v) is 11.5. The fourth-order valence-corrected chi connectivity index (χ4v) is 5.58. The monoisotopic (exact) mass is 672 g/mol. The van der Waals surface area contributed by atoms with Gasteiger partial charge < -0.3 is 0 Å². The Labute approximate surface area is 227 Å². The molecule has 2 aromatic heterocycles. The topological polar surface area (TPSA) is 34.1 Å². The van der Waals surface area contributed by atoms with E-state index in [2.05, 4.69) is 76.2 Å². The quantitative estimate of drug-likeness (QED) is 0.151. The maximum absolute atomic E-state index is 12.1. The Kier molecular flexibility index (Phi) is 11.9. The van der Waals surface area contributed by atoms with Crippen LogP contribution in [-0.4, -0.2) is 16.4 Å². The number of halogens is 3. The highest BCUT2D eigenvalue weighted by Gasteiger charge is 2.21. The molecule has 0 aliphatic heterocycles. The number of hydrogen-bond acceptors (Lipinski definition) is 4. The van der Waals surface area contributed by atoms with E-state index in [1.165, 1.54) is 14.8 Å². The first kappa shape index (κ1) is 28.4. The normalized spacial score (nSPS) is 11.7. The van der Waals surface area contributed by atoms with Crippen molar-refractivity contribution in [3.05, 3.63) is 70.4 Å². The molecule has 176 valence electrons. The summed E-state index contributed by atoms with van der Waals surface area (Å²) >= 11 is 12.1. The van der Waals surface area contributed by atoms with Gasteiger partial charge >= 0.3 is 0 Å². The predicted octanol–water partition coefficient (Wildman–Crippen LogP) is 10.3. The van der Waals surface area contributed by atoms with E-state index < -0.39 is 0 Å². The van der Waals surface area contributed by atoms with Crippen LogP contribution in [0.2, 0.25) is 0 Å². The fourth-order valence-electron chi connectivity index (χ4n) is 3.13. The van der Waals surface area contributed by atoms with Crippen molar-refractivity contribution in [3.8, 4) is 0 Å². The van der Waals surface area contributed by atoms with Crippen LogP contribution in [0.15, 0.2) is 60.7 Å². The van der Waals surface area contributed by atoms with Gasteiger partial charge in [-0.25, -0.2) is 0 Å². The van der Waals surface area contributed by atoms with Crippen molar-refractivity contribution in [2.45, 2.75) is 38.9 Å². The van der Waals surface area contributed by atoms with Gasteiger partial charge in [0.2, 0.25) is 0 Å². The molecule has 0 N–H and O–H groups in total. The summed E-state index contributed by atoms with van der Waals surface area (Å²) in [4.78, 5) is 25.6. The van der Waals surface area contributed by atoms with Gasteiger partial charge in [-0.3, -0.25) is 9.59 Å². The molecule has 0 saturated heterocycles. The van der Waals surface area contributed by atoms with E-state index in [-0.39, 0.29) is 16.4 Å². The molecule has 0 spiro atoms. The number of Topliss-reactive ketones (excluding diaryl/α,β-unsaturated/α-hetero) is 2. The summed E-state index contributed by atoms with van der Waals surface area (Å²) < 4.78 is 2.37. The van der Waals surface area contributed by atoms with Crippen LogP contribution in [0.3, 0.4) is 0 Å². The van der Waals surface area contributed by atoms with E-state index in [0.29, 0.717) is 18.3 Å². The van der Waals surface area contributed by atoms with Gasteiger partial charge in [0.05, 0.1) is 14.6 Å². The van der Waals surface area contributed by atoms with Gasteiger partial charge in [-0.1, -0.05) is 80.0 Å². The first-order chi connectivity index (χ1) is 15.8. The summed E-state index contributed by atoms with van der Waals surface area (Å²) in [6.45, 7) is 8.24. The van der Waals surface area contributed by atoms with Crippen LogP contribution in [0.5, 0.6) is 0 Å². The summed E-state index contributed by atoms with van der Waals surface area (Å²) in [5, 5.41) is 2.33. The Morgan fingerprint density at radius 2 is 1.24 bits per heavy atom. The second kappa shape index (κ2) is 13.9. The van der Waals surface area contributed by atoms with Gasteiger partial charge in [-0.15, -0.1) is 22.7 Å². The minimum Gasteiger partial charge on any atom is -0.293 e. The summed E-state index contributed by atoms with van der Waals surface area (Å²) in [5.41, 5.74) is 0. The molecule has 1 atom stereocenters. The molecule has 0 bridgehead atoms. The third-order valence-electron chi connectivity index (χ3n) is 4.80. The molecule has 4 rings (SSSR count). The van der Waals surface area contributed by atoms with E-state index in [4.69, 9.17) is 0 Å². The smallest absolute Gasteiger partial charge is 0.186 e. The molecule has 7 heteroatoms. The van der Waals surface area contributed by atoms with Crippen LogP contribution in [0, 0.1) is 11.8 Å². The third-order valence-corrected chi connectivity index (χ3v) is 8.56. The maximum atomic E-state index is 12.1. The Morgan fingerprint density at radius 3 is 1.70 bits per heavy atom. The molecule has 0 aliphatic carbocycles. The van der Waals surface area contributed by atoms with Gasteiger partial charge in [-0.2, -0.15) is 0 Å². The Balaban J connectivity index is 0.000000218. The van der Waals surface area contributed by atoms with Crippen molar-refractivity contribution in [3.63, 3.8) is 0 Å². The molecular formula is C26H27Br3O2S2. The van der Waals surface area contributed by atoms with Gasteiger partial charge in [0.15, 0.2) is 11.6 Å². The fraction of sp³-hybridized carbons (Fsp3) is 0.308. The molecule has 4 aromatic rings. The summed E-state index contributed by atoms with van der Waals surface area (Å²) in [5.74, 6) is 1.21. The number of ketones is 2. The number of hydrogen-bond donors (Lipinski definition) is 0. The standard InChI is InChI=1S/C13H13BrOS.C13H14OS.Br2/c1-8(2)12(14)13(15)11-7-9-5-3-4-6-10(9)16-11;1-9(2)7-11(14)13-8-10-5-3-4-6-12(10)15-13;1-2/h3-8,12H,1-2H3;3-6,8-9H,7H2,1-2H3;. The summed E-state index contributed by atoms with van der Waals surface area (Å²) in [7, 11) is 0. The number of rotatable bonds is 6. The lowest BCUT2D eigenvalue weighted by molar-refractivity contribution is 0.0967. The summed E-state index contributed by atoms with van der Waals surface area (Å²) in [6, 6.07) is 20.2. The van der Waals surface area contributed by atoms with Gasteiger partial charge in [-0.05, 0) is 46.9 Å². The van der Waals surface area contributed by atoms with Crippen molar-refractivity contribution in [1.82, 2.24) is 0 Å². The van der Waals surface area contributed by atoms with Crippen LogP contribution in [0.4, 0.5) is 0 Å². The zero-order valence-electron chi connectivity index (χ0n) is 19.0. The van der Waals surface area contributed by atoms with Crippen molar-refractivity contribution < 1.29 is 9.59 Å². The first-order valence-electron chi connectivity index (χ1n) is 10.6. The zero-order chi connectivity index (χ0) is 24.5. The molecule has 1 unspecified atom stereocenters. The van der Waals surface area contributed by atoms with Crippen LogP contribution < -0.4 is 0 Å². The molecule has 2 nitrogen and oxygen atoms in total. The van der Waals surface area contributed by atoms with Crippen molar-refractivity contribution in [2.24, 2.45) is 11.8 Å². The average Bonchev–Trinajstić information content (AvgIpc) is 3.43. The van der Waals surface area contributed by atoms with Gasteiger partial charge in [0.1, 0.15) is 0 Å². The Bertz CT molecular complexity index is 1130. The van der Waals surface area contributed by atoms with Crippen molar-refractivity contribution in [1.29, 1.82) is 0 Å². The molecule has 33 heavy (non-hydrogen) atoms. The number of thiophene rings is 2. The molecule has 0 saturated carbocycles. The van der Waals surface area contributed by atoms with Gasteiger partial charge in [0, 0.05) is 44.1 Å². The average molecular weight is 675 g/mol. The lowest BCUT2D eigenvalue weighted by Gasteiger charge is -2.10. The largest absolute Gasteiger partial charge is 0.293 e. The SMILES string of the molecule is BrBr.CC(C)C(Br)C(=O)c1cc2ccccc2s1.CC(C)CC(=O)c1cc2ccccc2s1. The minimum absolute atomic E-state index is 0.0828. The third kappa shape index (κ3) is 8.10. The lowest BCUT2D eigenvalue weighted by Crippen LogP contribution is -2.18. The number of fused-ring (bicyclic) bond motifs is 2. The predicted molar refractivity (Wildman–Crippen MR) is 157 cm³/mol. The van der Waals surface area contributed by atoms with Crippen molar-refractivity contribution in [2.75, 3.05) is 0 Å². The number of carbonyl (C=O) groups is 2. The van der Waals surface area contributed by atoms with E-state index in [9.17, 15) is 9.59 Å². The molecule has 0 fully saturated rings. The van der Waals surface area contributed by atoms with E-state index in [0.717, 1.165) is 15.1 Å². The molecular weight excluding hydrogens is 648 g/mol. The summed E-state index contributed by atoms with van der Waals surface area (Å²) in [6.07, 6.45) is 0.646. The highest BCUT2D eigenvalue weighted by atomic mass is 80.9. The number of carbonyl (C=O) groups excluding carboxylic acids is 2. The van der Waals surface area contributed by atoms with Crippen LogP contribution in [0.25, 0.3) is 20.2 Å². The van der Waals surface area contributed by atoms with E-state index >= 15 is 0 Å². The Morgan fingerprint density at radius 1 is 0.788 bits per heavy atom. The van der Waals surface area contributed by atoms with Crippen LogP contribution in [-0.2, 0) is 0 Å². The lowest BCUT2D eigenvalue weighted by atomic mass is 10.1. The molecule has 0 radical (unpaired) electrons. The molecule has 0 amide bonds. The molecule has 0 aliphatic rings. The Hall–Kier alpha value is -0.860. The molecule has 2 aromatic carbocycles. The minimum atomic E-state index is -0.0828. The van der Waals surface area contributed by atoms with Crippen LogP contribution in [0.1, 0.15) is 53.5 Å². The van der Waals surface area contributed by atoms with Gasteiger partial charge in [0.25, 0.3) is 0 Å². The van der Waals surface area contributed by atoms with Crippen molar-refractivity contribution >= 4 is 98.6 Å². The second-order valence-electron chi connectivity index (χ2n) is 8.33. The van der Waals surface area contributed by atoms with E-state index in [1.807, 2.05) is 56.3 Å². The molecule has 2 heterocycles. The highest BCUT2D eigenvalue weighted by Crippen LogP contribution is 2.29. The number of alkyl halides is 1. The van der Waals surface area contributed by atoms with Crippen LogP contribution >= 0.6 is 66.9 Å².